The fourth-order valence-electron chi connectivity index (χ4n) is 7.53. The summed E-state index contributed by atoms with van der Waals surface area (Å²) in [4.78, 5) is 37.1. The zero-order valence-electron chi connectivity index (χ0n) is 40.6. The molecule has 356 valence electrons. The molecular weight excluding hydrogens is 763 g/mol. The second-order valence-corrected chi connectivity index (χ2v) is 18.4. The minimum absolute atomic E-state index is 0.0560. The van der Waals surface area contributed by atoms with Gasteiger partial charge in [-0.15, -0.1) is 0 Å². The van der Waals surface area contributed by atoms with Crippen LogP contribution in [-0.2, 0) is 28.6 Å². The van der Waals surface area contributed by atoms with Gasteiger partial charge in [0.15, 0.2) is 12.1 Å². The first-order chi connectivity index (χ1) is 29.6. The summed E-state index contributed by atoms with van der Waals surface area (Å²) in [6.45, 7) is 4.73. The quantitative estimate of drug-likeness (QED) is 0.0282. The molecule has 2 unspecified atom stereocenters. The highest BCUT2D eigenvalue weighted by Gasteiger charge is 2.31. The molecule has 8 heteroatoms. The molecule has 0 aromatic rings. The normalized spacial score (nSPS) is 13.1. The van der Waals surface area contributed by atoms with E-state index < -0.39 is 18.1 Å². The Balaban J connectivity index is 4.24. The number of carbonyl (C=O) groups excluding carboxylic acids is 2. The minimum Gasteiger partial charge on any atom is -0.477 e. The second kappa shape index (κ2) is 44.2. The van der Waals surface area contributed by atoms with Crippen molar-refractivity contribution in [3.05, 3.63) is 36.5 Å². The van der Waals surface area contributed by atoms with Gasteiger partial charge in [-0.2, -0.15) is 0 Å². The van der Waals surface area contributed by atoms with E-state index in [4.69, 9.17) is 14.2 Å². The summed E-state index contributed by atoms with van der Waals surface area (Å²) in [5, 5.41) is 9.65. The smallest absolute Gasteiger partial charge is 0.362 e. The van der Waals surface area contributed by atoms with Crippen molar-refractivity contribution in [2.45, 2.75) is 244 Å². The van der Waals surface area contributed by atoms with Crippen molar-refractivity contribution >= 4 is 17.9 Å². The lowest BCUT2D eigenvalue weighted by Crippen LogP contribution is -2.50. The maximum absolute atomic E-state index is 12.8. The number of hydrogen-bond acceptors (Lipinski definition) is 6. The van der Waals surface area contributed by atoms with Crippen molar-refractivity contribution in [2.75, 3.05) is 41.0 Å². The Morgan fingerprint density at radius 1 is 0.492 bits per heavy atom. The molecule has 0 aromatic heterocycles. The number of nitrogens with zero attached hydrogens (tertiary/aromatic N) is 1. The Morgan fingerprint density at radius 2 is 0.869 bits per heavy atom. The molecule has 0 rings (SSSR count). The fourth-order valence-corrected chi connectivity index (χ4v) is 7.53. The monoisotopic (exact) mass is 861 g/mol. The number of quaternary nitrogens is 1. The number of carbonyl (C=O) groups is 3. The predicted molar refractivity (Wildman–Crippen MR) is 257 cm³/mol. The van der Waals surface area contributed by atoms with Gasteiger partial charge in [-0.3, -0.25) is 9.59 Å². The van der Waals surface area contributed by atoms with Gasteiger partial charge < -0.3 is 23.8 Å². The zero-order chi connectivity index (χ0) is 44.9. The van der Waals surface area contributed by atoms with Crippen LogP contribution in [0.2, 0.25) is 0 Å². The van der Waals surface area contributed by atoms with E-state index in [0.717, 1.165) is 64.2 Å². The van der Waals surface area contributed by atoms with Crippen LogP contribution in [0.4, 0.5) is 0 Å². The number of aliphatic carboxylic acids is 1. The number of rotatable bonds is 46. The zero-order valence-corrected chi connectivity index (χ0v) is 40.6. The summed E-state index contributed by atoms with van der Waals surface area (Å²) < 4.78 is 17.3. The van der Waals surface area contributed by atoms with Crippen LogP contribution in [-0.4, -0.2) is 80.6 Å². The van der Waals surface area contributed by atoms with E-state index in [0.29, 0.717) is 19.3 Å². The van der Waals surface area contributed by atoms with E-state index >= 15 is 0 Å². The third-order valence-corrected chi connectivity index (χ3v) is 11.5. The van der Waals surface area contributed by atoms with E-state index in [-0.39, 0.29) is 36.2 Å². The van der Waals surface area contributed by atoms with Crippen molar-refractivity contribution in [1.29, 1.82) is 0 Å². The average Bonchev–Trinajstić information content (AvgIpc) is 3.22. The molecule has 61 heavy (non-hydrogen) atoms. The molecule has 0 aromatic carbocycles. The lowest BCUT2D eigenvalue weighted by molar-refractivity contribution is -0.887. The fraction of sp³-hybridized carbons (Fsp3) is 0.830. The standard InChI is InChI=1S/C53H97NO7/c1-6-8-10-12-14-16-18-20-22-24-25-26-27-28-30-31-33-35-37-39-41-43-51(55)60-48-49(47-59-46-45-50(53(57)58)54(3,4)5)61-52(56)44-42-40-38-36-34-32-29-23-21-19-17-15-13-11-9-7-2/h17,19,23-25,29,49-50H,6-16,18,20-22,26-28,30-48H2,1-5H3/p+1/b19-17-,25-24-,29-23-. The molecule has 0 heterocycles. The molecule has 0 aliphatic carbocycles. The van der Waals surface area contributed by atoms with Gasteiger partial charge in [0.05, 0.1) is 34.4 Å². The molecule has 0 saturated heterocycles. The average molecular weight is 861 g/mol. The van der Waals surface area contributed by atoms with Gasteiger partial charge >= 0.3 is 17.9 Å². The molecule has 2 atom stereocenters. The Morgan fingerprint density at radius 3 is 1.30 bits per heavy atom. The maximum Gasteiger partial charge on any atom is 0.362 e. The van der Waals surface area contributed by atoms with E-state index in [1.54, 1.807) is 0 Å². The van der Waals surface area contributed by atoms with Gasteiger partial charge in [0.25, 0.3) is 0 Å². The van der Waals surface area contributed by atoms with Gasteiger partial charge in [-0.25, -0.2) is 4.79 Å². The third kappa shape index (κ3) is 42.6. The van der Waals surface area contributed by atoms with Gasteiger partial charge in [-0.1, -0.05) is 179 Å². The number of likely N-dealkylation sites (N-methyl/N-ethyl adjacent to an activating group) is 1. The van der Waals surface area contributed by atoms with E-state index in [2.05, 4.69) is 50.3 Å². The number of carboxylic acids is 1. The van der Waals surface area contributed by atoms with Gasteiger partial charge in [0.1, 0.15) is 6.61 Å². The summed E-state index contributed by atoms with van der Waals surface area (Å²) in [6, 6.07) is -0.617. The van der Waals surface area contributed by atoms with Crippen LogP contribution in [0.15, 0.2) is 36.5 Å². The van der Waals surface area contributed by atoms with Crippen molar-refractivity contribution in [2.24, 2.45) is 0 Å². The molecular formula is C53H98NO7+. The molecule has 0 aliphatic rings. The topological polar surface area (TPSA) is 99.1 Å². The van der Waals surface area contributed by atoms with Crippen LogP contribution < -0.4 is 0 Å². The first kappa shape index (κ1) is 58.6. The largest absolute Gasteiger partial charge is 0.477 e. The van der Waals surface area contributed by atoms with Crippen LogP contribution in [0.1, 0.15) is 232 Å². The highest BCUT2D eigenvalue weighted by Crippen LogP contribution is 2.15. The third-order valence-electron chi connectivity index (χ3n) is 11.5. The molecule has 0 radical (unpaired) electrons. The summed E-state index contributed by atoms with van der Waals surface area (Å²) in [7, 11) is 5.53. The lowest BCUT2D eigenvalue weighted by atomic mass is 10.1. The Bertz CT molecular complexity index is 1090. The van der Waals surface area contributed by atoms with Crippen LogP contribution in [0, 0.1) is 0 Å². The lowest BCUT2D eigenvalue weighted by Gasteiger charge is -2.31. The Labute approximate surface area is 376 Å². The summed E-state index contributed by atoms with van der Waals surface area (Å²) in [6.07, 6.45) is 51.9. The molecule has 0 aliphatic heterocycles. The van der Waals surface area contributed by atoms with E-state index in [1.165, 1.54) is 135 Å². The number of ether oxygens (including phenoxy) is 3. The SMILES string of the molecule is CCCCCC/C=C\C/C=C\CCCCCCCC(=O)OC(COCCC(C(=O)O)[N+](C)(C)C)COC(=O)CCCCCCCCCCC/C=C\CCCCCCCCCC. The summed E-state index contributed by atoms with van der Waals surface area (Å²) >= 11 is 0. The molecule has 0 fully saturated rings. The molecule has 0 amide bonds. The number of esters is 2. The highest BCUT2D eigenvalue weighted by molar-refractivity contribution is 5.72. The number of hydrogen-bond donors (Lipinski definition) is 1. The number of unbranched alkanes of at least 4 members (excludes halogenated alkanes) is 26. The van der Waals surface area contributed by atoms with Crippen LogP contribution in [0.25, 0.3) is 0 Å². The maximum atomic E-state index is 12.8. The molecule has 0 bridgehead atoms. The van der Waals surface area contributed by atoms with Crippen LogP contribution in [0.5, 0.6) is 0 Å². The van der Waals surface area contributed by atoms with Gasteiger partial charge in [-0.05, 0) is 70.6 Å². The van der Waals surface area contributed by atoms with Crippen molar-refractivity contribution in [3.8, 4) is 0 Å². The van der Waals surface area contributed by atoms with E-state index in [9.17, 15) is 19.5 Å². The molecule has 1 N–H and O–H groups in total. The van der Waals surface area contributed by atoms with Gasteiger partial charge in [0.2, 0.25) is 0 Å². The summed E-state index contributed by atoms with van der Waals surface area (Å²) in [5.74, 6) is -1.48. The van der Waals surface area contributed by atoms with E-state index in [1.807, 2.05) is 21.1 Å². The van der Waals surface area contributed by atoms with Crippen LogP contribution in [0.3, 0.4) is 0 Å². The number of allylic oxidation sites excluding steroid dienone is 6. The molecule has 8 nitrogen and oxygen atoms in total. The number of carboxylic acid groups (broad SMARTS) is 1. The second-order valence-electron chi connectivity index (χ2n) is 18.4. The Kier molecular flexibility index (Phi) is 42.4. The highest BCUT2D eigenvalue weighted by atomic mass is 16.6. The predicted octanol–water partition coefficient (Wildman–Crippen LogP) is 14.6. The van der Waals surface area contributed by atoms with Crippen molar-refractivity contribution in [3.63, 3.8) is 0 Å². The first-order valence-corrected chi connectivity index (χ1v) is 25.5. The van der Waals surface area contributed by atoms with Crippen molar-refractivity contribution < 1.29 is 38.2 Å². The first-order valence-electron chi connectivity index (χ1n) is 25.5. The molecule has 0 spiro atoms. The van der Waals surface area contributed by atoms with Gasteiger partial charge in [0, 0.05) is 19.3 Å². The minimum atomic E-state index is -0.876. The van der Waals surface area contributed by atoms with Crippen LogP contribution >= 0.6 is 0 Å². The van der Waals surface area contributed by atoms with Crippen molar-refractivity contribution in [1.82, 2.24) is 0 Å². The summed E-state index contributed by atoms with van der Waals surface area (Å²) in [5.41, 5.74) is 0. The Hall–Kier alpha value is -2.45. The molecule has 0 saturated carbocycles.